The minimum absolute atomic E-state index is 0.334. The molecule has 0 aliphatic heterocycles. The molecule has 0 amide bonds. The number of hydrogen-bond acceptors (Lipinski definition) is 5. The summed E-state index contributed by atoms with van der Waals surface area (Å²) in [4.78, 5) is 0. The van der Waals surface area contributed by atoms with Crippen molar-refractivity contribution in [3.05, 3.63) is 24.5 Å². The van der Waals surface area contributed by atoms with Gasteiger partial charge in [0.25, 0.3) is 0 Å². The van der Waals surface area contributed by atoms with E-state index in [-0.39, 0.29) is 0 Å². The van der Waals surface area contributed by atoms with E-state index in [9.17, 15) is 0 Å². The second kappa shape index (κ2) is 4.34. The summed E-state index contributed by atoms with van der Waals surface area (Å²) >= 11 is 0. The molecular formula is C12H15N7. The summed E-state index contributed by atoms with van der Waals surface area (Å²) in [5.74, 6) is 0.619. The van der Waals surface area contributed by atoms with Gasteiger partial charge in [-0.25, -0.2) is 0 Å². The number of rotatable bonds is 3. The molecular weight excluding hydrogens is 242 g/mol. The normalized spacial score (nSPS) is 11.4. The largest absolute Gasteiger partial charge is 0.356 e. The lowest BCUT2D eigenvalue weighted by molar-refractivity contribution is 0.532. The molecule has 3 aromatic rings. The van der Waals surface area contributed by atoms with Gasteiger partial charge in [0, 0.05) is 24.8 Å². The number of hydrogen-bond donors (Lipinski definition) is 1. The molecule has 7 nitrogen and oxygen atoms in total. The Hall–Kier alpha value is -2.44. The van der Waals surface area contributed by atoms with Crippen molar-refractivity contribution >= 4 is 11.6 Å². The Labute approximate surface area is 110 Å². The highest BCUT2D eigenvalue weighted by Crippen LogP contribution is 2.18. The van der Waals surface area contributed by atoms with Crippen molar-refractivity contribution in [3.8, 4) is 11.3 Å². The summed E-state index contributed by atoms with van der Waals surface area (Å²) in [5.41, 5.74) is 2.53. The standard InChI is InChI=1S/C12H15N7/c1-8(2)18-7-9(6-14-18)10-4-5-11-15-16-12(13-3)19(11)17-10/h4-8H,1-3H3,(H,13,16). The minimum atomic E-state index is 0.334. The predicted molar refractivity (Wildman–Crippen MR) is 71.9 cm³/mol. The lowest BCUT2D eigenvalue weighted by Gasteiger charge is -2.03. The van der Waals surface area contributed by atoms with Gasteiger partial charge in [-0.3, -0.25) is 4.68 Å². The lowest BCUT2D eigenvalue weighted by Crippen LogP contribution is -2.01. The monoisotopic (exact) mass is 257 g/mol. The number of nitrogens with one attached hydrogen (secondary N) is 1. The van der Waals surface area contributed by atoms with Crippen molar-refractivity contribution in [2.45, 2.75) is 19.9 Å². The van der Waals surface area contributed by atoms with Gasteiger partial charge in [-0.2, -0.15) is 14.7 Å². The Kier molecular flexibility index (Phi) is 2.66. The van der Waals surface area contributed by atoms with Gasteiger partial charge in [-0.15, -0.1) is 10.2 Å². The molecule has 0 saturated heterocycles. The van der Waals surface area contributed by atoms with Crippen LogP contribution in [0.25, 0.3) is 16.9 Å². The maximum atomic E-state index is 4.52. The Balaban J connectivity index is 2.08. The summed E-state index contributed by atoms with van der Waals surface area (Å²) in [5, 5.41) is 19.8. The van der Waals surface area contributed by atoms with Crippen molar-refractivity contribution in [2.75, 3.05) is 12.4 Å². The van der Waals surface area contributed by atoms with Gasteiger partial charge >= 0.3 is 0 Å². The number of nitrogens with zero attached hydrogens (tertiary/aromatic N) is 6. The minimum Gasteiger partial charge on any atom is -0.356 e. The topological polar surface area (TPSA) is 72.9 Å². The van der Waals surface area contributed by atoms with Crippen molar-refractivity contribution in [1.29, 1.82) is 0 Å². The van der Waals surface area contributed by atoms with E-state index in [1.54, 1.807) is 11.6 Å². The SMILES string of the molecule is CNc1nnc2ccc(-c3cnn(C(C)C)c3)nn12. The smallest absolute Gasteiger partial charge is 0.245 e. The van der Waals surface area contributed by atoms with Crippen LogP contribution in [0.1, 0.15) is 19.9 Å². The lowest BCUT2D eigenvalue weighted by atomic mass is 10.2. The Morgan fingerprint density at radius 1 is 1.21 bits per heavy atom. The molecule has 0 saturated carbocycles. The highest BCUT2D eigenvalue weighted by molar-refractivity contribution is 5.59. The third kappa shape index (κ3) is 1.92. The van der Waals surface area contributed by atoms with E-state index in [1.807, 2.05) is 29.2 Å². The zero-order valence-corrected chi connectivity index (χ0v) is 11.1. The molecule has 3 heterocycles. The van der Waals surface area contributed by atoms with Crippen molar-refractivity contribution in [3.63, 3.8) is 0 Å². The van der Waals surface area contributed by atoms with Crippen molar-refractivity contribution in [1.82, 2.24) is 29.6 Å². The molecule has 0 aromatic carbocycles. The summed E-state index contributed by atoms with van der Waals surface area (Å²) in [6.45, 7) is 4.18. The molecule has 0 atom stereocenters. The van der Waals surface area contributed by atoms with Gasteiger partial charge in [0.2, 0.25) is 5.95 Å². The molecule has 0 aliphatic rings. The molecule has 19 heavy (non-hydrogen) atoms. The summed E-state index contributed by atoms with van der Waals surface area (Å²) in [6.07, 6.45) is 3.81. The molecule has 3 rings (SSSR count). The summed E-state index contributed by atoms with van der Waals surface area (Å²) in [6, 6.07) is 4.15. The van der Waals surface area contributed by atoms with E-state index in [4.69, 9.17) is 0 Å². The number of aromatic nitrogens is 6. The van der Waals surface area contributed by atoms with Crippen LogP contribution in [0.5, 0.6) is 0 Å². The van der Waals surface area contributed by atoms with Crippen LogP contribution in [0.2, 0.25) is 0 Å². The van der Waals surface area contributed by atoms with E-state index >= 15 is 0 Å². The fraction of sp³-hybridized carbons (Fsp3) is 0.333. The van der Waals surface area contributed by atoms with Crippen LogP contribution in [0.3, 0.4) is 0 Å². The Morgan fingerprint density at radius 3 is 2.74 bits per heavy atom. The number of fused-ring (bicyclic) bond motifs is 1. The second-order valence-corrected chi connectivity index (χ2v) is 4.56. The third-order valence-corrected chi connectivity index (χ3v) is 2.91. The van der Waals surface area contributed by atoms with E-state index in [1.165, 1.54) is 0 Å². The first-order valence-corrected chi connectivity index (χ1v) is 6.14. The van der Waals surface area contributed by atoms with Crippen LogP contribution in [0.4, 0.5) is 5.95 Å². The van der Waals surface area contributed by atoms with Crippen LogP contribution >= 0.6 is 0 Å². The van der Waals surface area contributed by atoms with Gasteiger partial charge in [0.05, 0.1) is 11.9 Å². The summed E-state index contributed by atoms with van der Waals surface area (Å²) < 4.78 is 3.59. The highest BCUT2D eigenvalue weighted by atomic mass is 15.4. The van der Waals surface area contributed by atoms with Crippen molar-refractivity contribution < 1.29 is 0 Å². The van der Waals surface area contributed by atoms with E-state index in [2.05, 4.69) is 39.6 Å². The molecule has 98 valence electrons. The van der Waals surface area contributed by atoms with Gasteiger partial charge < -0.3 is 5.32 Å². The quantitative estimate of drug-likeness (QED) is 0.771. The molecule has 0 spiro atoms. The molecule has 3 aromatic heterocycles. The maximum absolute atomic E-state index is 4.52. The molecule has 0 bridgehead atoms. The average molecular weight is 257 g/mol. The zero-order valence-electron chi connectivity index (χ0n) is 11.1. The van der Waals surface area contributed by atoms with Crippen LogP contribution in [-0.4, -0.2) is 36.6 Å². The van der Waals surface area contributed by atoms with Crippen LogP contribution < -0.4 is 5.32 Å². The summed E-state index contributed by atoms with van der Waals surface area (Å²) in [7, 11) is 1.79. The van der Waals surface area contributed by atoms with Gasteiger partial charge in [0.15, 0.2) is 5.65 Å². The van der Waals surface area contributed by atoms with Gasteiger partial charge in [-0.05, 0) is 26.0 Å². The highest BCUT2D eigenvalue weighted by Gasteiger charge is 2.09. The first-order valence-electron chi connectivity index (χ1n) is 6.14. The molecule has 0 radical (unpaired) electrons. The molecule has 0 unspecified atom stereocenters. The second-order valence-electron chi connectivity index (χ2n) is 4.56. The maximum Gasteiger partial charge on any atom is 0.245 e. The van der Waals surface area contributed by atoms with E-state index in [0.717, 1.165) is 11.3 Å². The Morgan fingerprint density at radius 2 is 2.05 bits per heavy atom. The van der Waals surface area contributed by atoms with E-state index < -0.39 is 0 Å². The fourth-order valence-corrected chi connectivity index (χ4v) is 1.85. The van der Waals surface area contributed by atoms with E-state index in [0.29, 0.717) is 17.6 Å². The fourth-order valence-electron chi connectivity index (χ4n) is 1.85. The zero-order chi connectivity index (χ0) is 13.4. The van der Waals surface area contributed by atoms with Gasteiger partial charge in [-0.1, -0.05) is 0 Å². The van der Waals surface area contributed by atoms with Crippen LogP contribution in [0, 0.1) is 0 Å². The van der Waals surface area contributed by atoms with Gasteiger partial charge in [0.1, 0.15) is 0 Å². The first-order chi connectivity index (χ1) is 9.19. The molecule has 7 heteroatoms. The van der Waals surface area contributed by atoms with Crippen LogP contribution in [-0.2, 0) is 0 Å². The average Bonchev–Trinajstić information content (AvgIpc) is 3.04. The molecule has 0 aliphatic carbocycles. The van der Waals surface area contributed by atoms with Crippen LogP contribution in [0.15, 0.2) is 24.5 Å². The number of anilines is 1. The predicted octanol–water partition coefficient (Wildman–Crippen LogP) is 1.61. The van der Waals surface area contributed by atoms with Crippen molar-refractivity contribution in [2.24, 2.45) is 0 Å². The third-order valence-electron chi connectivity index (χ3n) is 2.91. The molecule has 0 fully saturated rings. The molecule has 1 N–H and O–H groups in total. The first kappa shape index (κ1) is 11.6. The Bertz CT molecular complexity index is 710.